The first kappa shape index (κ1) is 24.5. The molecule has 0 atom stereocenters. The Morgan fingerprint density at radius 1 is 1.03 bits per heavy atom. The molecule has 9 heteroatoms. The molecule has 0 bridgehead atoms. The largest absolute Gasteiger partial charge is 0.371 e. The number of aromatic nitrogens is 3. The van der Waals surface area contributed by atoms with Gasteiger partial charge in [0.15, 0.2) is 10.8 Å². The van der Waals surface area contributed by atoms with Gasteiger partial charge in [0.25, 0.3) is 0 Å². The van der Waals surface area contributed by atoms with E-state index < -0.39 is 0 Å². The number of urea groups is 1. The van der Waals surface area contributed by atoms with E-state index in [4.69, 9.17) is 9.51 Å². The summed E-state index contributed by atoms with van der Waals surface area (Å²) in [6, 6.07) is 13.7. The van der Waals surface area contributed by atoms with Crippen LogP contribution < -0.4 is 15.5 Å². The van der Waals surface area contributed by atoms with Crippen LogP contribution in [0.5, 0.6) is 0 Å². The summed E-state index contributed by atoms with van der Waals surface area (Å²) < 4.78 is 8.80. The molecule has 5 aromatic rings. The molecule has 1 aliphatic rings. The molecule has 2 aromatic carbocycles. The summed E-state index contributed by atoms with van der Waals surface area (Å²) in [6.45, 7) is 10.6. The minimum Gasteiger partial charge on any atom is -0.371 e. The van der Waals surface area contributed by atoms with Gasteiger partial charge >= 0.3 is 6.03 Å². The third kappa shape index (κ3) is 4.74. The third-order valence-corrected chi connectivity index (χ3v) is 8.02. The molecule has 2 N–H and O–H groups in total. The van der Waals surface area contributed by atoms with Crippen molar-refractivity contribution in [2.75, 3.05) is 28.6 Å². The Kier molecular flexibility index (Phi) is 6.10. The van der Waals surface area contributed by atoms with Gasteiger partial charge in [0, 0.05) is 47.7 Å². The molecule has 0 aliphatic carbocycles. The van der Waals surface area contributed by atoms with E-state index in [0.29, 0.717) is 17.3 Å². The second-order valence-electron chi connectivity index (χ2n) is 11.0. The third-order valence-electron chi connectivity index (χ3n) is 7.02. The summed E-state index contributed by atoms with van der Waals surface area (Å²) in [6.07, 6.45) is 5.98. The maximum Gasteiger partial charge on any atom is 0.324 e. The van der Waals surface area contributed by atoms with Crippen molar-refractivity contribution in [1.29, 1.82) is 0 Å². The topological polar surface area (TPSA) is 87.7 Å². The second-order valence-corrected chi connectivity index (χ2v) is 12.0. The lowest BCUT2D eigenvalue weighted by molar-refractivity contribution is 0.262. The molecule has 1 aliphatic heterocycles. The van der Waals surface area contributed by atoms with Crippen LogP contribution in [-0.2, 0) is 5.41 Å². The molecule has 1 fully saturated rings. The number of benzene rings is 2. The molecule has 0 spiro atoms. The van der Waals surface area contributed by atoms with E-state index >= 15 is 0 Å². The van der Waals surface area contributed by atoms with Crippen molar-refractivity contribution >= 4 is 49.7 Å². The van der Waals surface area contributed by atoms with Crippen molar-refractivity contribution in [3.63, 3.8) is 0 Å². The Bertz CT molecular complexity index is 1620. The smallest absolute Gasteiger partial charge is 0.324 e. The summed E-state index contributed by atoms with van der Waals surface area (Å²) >= 11 is 1.73. The number of piperidine rings is 1. The first-order chi connectivity index (χ1) is 18.2. The van der Waals surface area contributed by atoms with Crippen LogP contribution in [0.25, 0.3) is 26.4 Å². The molecular weight excluding hydrogens is 496 g/mol. The van der Waals surface area contributed by atoms with E-state index in [1.807, 2.05) is 45.0 Å². The number of fused-ring (bicyclic) bond motifs is 3. The number of nitrogens with one attached hydrogen (secondary N) is 2. The van der Waals surface area contributed by atoms with Gasteiger partial charge in [-0.05, 0) is 56.0 Å². The van der Waals surface area contributed by atoms with Crippen LogP contribution in [-0.4, -0.2) is 33.7 Å². The van der Waals surface area contributed by atoms with Gasteiger partial charge in [-0.15, -0.1) is 0 Å². The van der Waals surface area contributed by atoms with Gasteiger partial charge < -0.3 is 14.7 Å². The van der Waals surface area contributed by atoms with Crippen molar-refractivity contribution in [3.05, 3.63) is 60.0 Å². The Balaban J connectivity index is 1.17. The molecule has 38 heavy (non-hydrogen) atoms. The van der Waals surface area contributed by atoms with Crippen LogP contribution in [0.2, 0.25) is 0 Å². The van der Waals surface area contributed by atoms with E-state index in [9.17, 15) is 4.79 Å². The predicted molar refractivity (Wildman–Crippen MR) is 155 cm³/mol. The van der Waals surface area contributed by atoms with E-state index in [1.54, 1.807) is 17.4 Å². The fraction of sp³-hybridized carbons (Fsp3) is 0.345. The zero-order chi connectivity index (χ0) is 26.4. The van der Waals surface area contributed by atoms with Gasteiger partial charge in [0.05, 0.1) is 15.9 Å². The number of nitrogens with zero attached hydrogens (tertiary/aromatic N) is 4. The Labute approximate surface area is 225 Å². The molecule has 0 radical (unpaired) electrons. The van der Waals surface area contributed by atoms with Crippen molar-refractivity contribution < 1.29 is 9.32 Å². The quantitative estimate of drug-likeness (QED) is 0.253. The Morgan fingerprint density at radius 2 is 1.79 bits per heavy atom. The van der Waals surface area contributed by atoms with Gasteiger partial charge in [0.1, 0.15) is 5.76 Å². The Morgan fingerprint density at radius 3 is 2.50 bits per heavy atom. The highest BCUT2D eigenvalue weighted by Crippen LogP contribution is 2.35. The first-order valence-electron chi connectivity index (χ1n) is 13.1. The van der Waals surface area contributed by atoms with Crippen LogP contribution in [0, 0.1) is 6.92 Å². The minimum absolute atomic E-state index is 0.179. The number of aryl methyl sites for hydroxylation is 1. The first-order valence-corrected chi connectivity index (χ1v) is 13.9. The van der Waals surface area contributed by atoms with Crippen molar-refractivity contribution in [2.45, 2.75) is 52.4 Å². The lowest BCUT2D eigenvalue weighted by atomic mass is 9.93. The zero-order valence-electron chi connectivity index (χ0n) is 22.2. The maximum absolute atomic E-state index is 12.4. The highest BCUT2D eigenvalue weighted by atomic mass is 32.1. The van der Waals surface area contributed by atoms with Crippen molar-refractivity contribution in [2.24, 2.45) is 0 Å². The number of carbonyl (C=O) groups is 1. The fourth-order valence-corrected chi connectivity index (χ4v) is 6.09. The summed E-state index contributed by atoms with van der Waals surface area (Å²) in [5.41, 5.74) is 6.22. The molecule has 2 amide bonds. The van der Waals surface area contributed by atoms with Crippen LogP contribution in [0.1, 0.15) is 51.4 Å². The summed E-state index contributed by atoms with van der Waals surface area (Å²) in [7, 11) is 0. The van der Waals surface area contributed by atoms with E-state index in [2.05, 4.69) is 50.3 Å². The normalized spacial score (nSPS) is 14.4. The van der Waals surface area contributed by atoms with Gasteiger partial charge in [-0.1, -0.05) is 49.4 Å². The Hall–Kier alpha value is -3.85. The van der Waals surface area contributed by atoms with Crippen molar-refractivity contribution in [3.8, 4) is 11.3 Å². The van der Waals surface area contributed by atoms with Crippen molar-refractivity contribution in [1.82, 2.24) is 14.5 Å². The summed E-state index contributed by atoms with van der Waals surface area (Å²) in [4.78, 5) is 20.9. The number of thiazole rings is 1. The van der Waals surface area contributed by atoms with Crippen LogP contribution in [0.15, 0.2) is 53.2 Å². The van der Waals surface area contributed by atoms with Gasteiger partial charge in [-0.3, -0.25) is 9.72 Å². The van der Waals surface area contributed by atoms with E-state index in [-0.39, 0.29) is 11.4 Å². The zero-order valence-corrected chi connectivity index (χ0v) is 23.0. The number of amides is 2. The van der Waals surface area contributed by atoms with Gasteiger partial charge in [-0.25, -0.2) is 9.78 Å². The average molecular weight is 529 g/mol. The summed E-state index contributed by atoms with van der Waals surface area (Å²) in [5, 5.41) is 9.49. The SMILES string of the molecule is Cc1cc(N2CCCCC2)cc2sc3nc(-c4ccc(NC(=O)Nc5cc(C(C)(C)C)on5)cc4)cn3c12. The average Bonchev–Trinajstić information content (AvgIpc) is 3.59. The van der Waals surface area contributed by atoms with Gasteiger partial charge in [-0.2, -0.15) is 0 Å². The minimum atomic E-state index is -0.375. The summed E-state index contributed by atoms with van der Waals surface area (Å²) in [5.74, 6) is 1.09. The van der Waals surface area contributed by atoms with Gasteiger partial charge in [0.2, 0.25) is 0 Å². The van der Waals surface area contributed by atoms with Crippen LogP contribution >= 0.6 is 11.3 Å². The molecule has 0 unspecified atom stereocenters. The molecule has 0 saturated carbocycles. The highest BCUT2D eigenvalue weighted by molar-refractivity contribution is 7.23. The number of carbonyl (C=O) groups excluding carboxylic acids is 1. The predicted octanol–water partition coefficient (Wildman–Crippen LogP) is 7.44. The van der Waals surface area contributed by atoms with Crippen LogP contribution in [0.3, 0.4) is 0 Å². The standard InChI is InChI=1S/C29H32N6O2S/c1-18-14-21(34-12-6-5-7-13-34)15-23-26(18)35-17-22(31-28(35)38-23)19-8-10-20(11-9-19)30-27(36)32-25-16-24(37-33-25)29(2,3)4/h8-11,14-17H,5-7,12-13H2,1-4H3,(H2,30,32,33,36). The molecule has 4 heterocycles. The highest BCUT2D eigenvalue weighted by Gasteiger charge is 2.20. The number of hydrogen-bond acceptors (Lipinski definition) is 6. The molecule has 6 rings (SSSR count). The molecule has 8 nitrogen and oxygen atoms in total. The monoisotopic (exact) mass is 528 g/mol. The fourth-order valence-electron chi connectivity index (χ4n) is 4.97. The number of rotatable bonds is 4. The lowest BCUT2D eigenvalue weighted by Crippen LogP contribution is -2.29. The molecule has 3 aromatic heterocycles. The van der Waals surface area contributed by atoms with E-state index in [0.717, 1.165) is 29.3 Å². The number of hydrogen-bond donors (Lipinski definition) is 2. The van der Waals surface area contributed by atoms with E-state index in [1.165, 1.54) is 40.7 Å². The number of anilines is 3. The maximum atomic E-state index is 12.4. The second kappa shape index (κ2) is 9.47. The molecule has 196 valence electrons. The lowest BCUT2D eigenvalue weighted by Gasteiger charge is -2.29. The molecular formula is C29H32N6O2S. The molecule has 1 saturated heterocycles. The van der Waals surface area contributed by atoms with Crippen LogP contribution in [0.4, 0.5) is 22.0 Å². The number of imidazole rings is 1.